The molecule has 0 atom stereocenters. The quantitative estimate of drug-likeness (QED) is 0.568. The Balaban J connectivity index is 2.02. The summed E-state index contributed by atoms with van der Waals surface area (Å²) in [5.41, 5.74) is 8.04. The summed E-state index contributed by atoms with van der Waals surface area (Å²) in [4.78, 5) is 4.32. The van der Waals surface area contributed by atoms with Gasteiger partial charge in [-0.2, -0.15) is 0 Å². The number of benzene rings is 2. The smallest absolute Gasteiger partial charge is 0.141 e. The van der Waals surface area contributed by atoms with Crippen molar-refractivity contribution in [3.05, 3.63) is 71.9 Å². The van der Waals surface area contributed by atoms with Gasteiger partial charge in [0.15, 0.2) is 0 Å². The van der Waals surface area contributed by atoms with Crippen molar-refractivity contribution >= 4 is 16.7 Å². The van der Waals surface area contributed by atoms with E-state index in [-0.39, 0.29) is 5.84 Å². The fraction of sp³-hybridized carbons (Fsp3) is 0.0588. The first-order chi connectivity index (χ1) is 10.3. The Labute approximate surface area is 122 Å². The van der Waals surface area contributed by atoms with Crippen LogP contribution in [-0.4, -0.2) is 10.8 Å². The number of fused-ring (bicyclic) bond motifs is 1. The fourth-order valence-electron chi connectivity index (χ4n) is 2.19. The van der Waals surface area contributed by atoms with E-state index in [1.54, 1.807) is 6.20 Å². The molecular formula is C17H15N3O. The van der Waals surface area contributed by atoms with Crippen LogP contribution in [0, 0.1) is 5.41 Å². The van der Waals surface area contributed by atoms with E-state index in [9.17, 15) is 0 Å². The maximum Gasteiger partial charge on any atom is 0.141 e. The zero-order valence-corrected chi connectivity index (χ0v) is 11.4. The van der Waals surface area contributed by atoms with Gasteiger partial charge in [-0.15, -0.1) is 0 Å². The van der Waals surface area contributed by atoms with Gasteiger partial charge in [0.2, 0.25) is 0 Å². The third kappa shape index (κ3) is 2.69. The van der Waals surface area contributed by atoms with Gasteiger partial charge in [-0.1, -0.05) is 42.5 Å². The molecule has 4 nitrogen and oxygen atoms in total. The Hall–Kier alpha value is -2.88. The van der Waals surface area contributed by atoms with Crippen LogP contribution in [-0.2, 0) is 6.61 Å². The fourth-order valence-corrected chi connectivity index (χ4v) is 2.19. The van der Waals surface area contributed by atoms with Crippen molar-refractivity contribution in [2.24, 2.45) is 5.73 Å². The average molecular weight is 277 g/mol. The molecule has 0 saturated heterocycles. The zero-order valence-electron chi connectivity index (χ0n) is 11.4. The number of amidine groups is 1. The van der Waals surface area contributed by atoms with Gasteiger partial charge in [0.25, 0.3) is 0 Å². The highest BCUT2D eigenvalue weighted by Gasteiger charge is 2.12. The predicted octanol–water partition coefficient (Wildman–Crippen LogP) is 3.10. The first-order valence-electron chi connectivity index (χ1n) is 6.64. The molecule has 104 valence electrons. The third-order valence-electron chi connectivity index (χ3n) is 3.24. The van der Waals surface area contributed by atoms with E-state index in [1.165, 1.54) is 0 Å². The normalized spacial score (nSPS) is 10.5. The van der Waals surface area contributed by atoms with Crippen LogP contribution in [0.2, 0.25) is 0 Å². The molecule has 0 bridgehead atoms. The highest BCUT2D eigenvalue weighted by molar-refractivity contribution is 6.02. The summed E-state index contributed by atoms with van der Waals surface area (Å²) in [7, 11) is 0. The van der Waals surface area contributed by atoms with Gasteiger partial charge >= 0.3 is 0 Å². The predicted molar refractivity (Wildman–Crippen MR) is 83.5 cm³/mol. The van der Waals surface area contributed by atoms with Crippen molar-refractivity contribution in [1.29, 1.82) is 5.41 Å². The van der Waals surface area contributed by atoms with Crippen molar-refractivity contribution in [3.63, 3.8) is 0 Å². The number of aromatic nitrogens is 1. The standard InChI is InChI=1S/C17H15N3O/c18-17(19)14-10-20-15-9-5-4-8-13(15)16(14)21-11-12-6-2-1-3-7-12/h1-10H,11H2,(H3,18,19). The Kier molecular flexibility index (Phi) is 3.51. The number of rotatable bonds is 4. The molecule has 2 aromatic carbocycles. The molecule has 0 spiro atoms. The lowest BCUT2D eigenvalue weighted by molar-refractivity contribution is 0.309. The van der Waals surface area contributed by atoms with Crippen LogP contribution in [0.4, 0.5) is 0 Å². The molecule has 0 radical (unpaired) electrons. The molecule has 3 N–H and O–H groups in total. The summed E-state index contributed by atoms with van der Waals surface area (Å²) < 4.78 is 5.94. The number of pyridine rings is 1. The van der Waals surface area contributed by atoms with E-state index in [0.717, 1.165) is 16.5 Å². The third-order valence-corrected chi connectivity index (χ3v) is 3.24. The Bertz CT molecular complexity index is 784. The summed E-state index contributed by atoms with van der Waals surface area (Å²) in [5, 5.41) is 8.55. The van der Waals surface area contributed by atoms with Crippen LogP contribution < -0.4 is 10.5 Å². The van der Waals surface area contributed by atoms with Gasteiger partial charge in [0, 0.05) is 11.6 Å². The van der Waals surface area contributed by atoms with Crippen LogP contribution in [0.3, 0.4) is 0 Å². The molecule has 3 aromatic rings. The van der Waals surface area contributed by atoms with Crippen LogP contribution in [0.1, 0.15) is 11.1 Å². The Morgan fingerprint density at radius 1 is 1.05 bits per heavy atom. The van der Waals surface area contributed by atoms with Gasteiger partial charge < -0.3 is 10.5 Å². The minimum Gasteiger partial charge on any atom is -0.487 e. The van der Waals surface area contributed by atoms with Gasteiger partial charge in [-0.05, 0) is 17.7 Å². The monoisotopic (exact) mass is 277 g/mol. The lowest BCUT2D eigenvalue weighted by Gasteiger charge is -2.13. The molecular weight excluding hydrogens is 262 g/mol. The minimum atomic E-state index is -0.0451. The summed E-state index contributed by atoms with van der Waals surface area (Å²) in [6, 6.07) is 17.6. The van der Waals surface area contributed by atoms with Crippen molar-refractivity contribution < 1.29 is 4.74 Å². The second-order valence-corrected chi connectivity index (χ2v) is 4.71. The number of nitrogen functional groups attached to an aromatic ring is 1. The lowest BCUT2D eigenvalue weighted by atomic mass is 10.1. The van der Waals surface area contributed by atoms with E-state index >= 15 is 0 Å². The number of ether oxygens (including phenoxy) is 1. The molecule has 1 heterocycles. The molecule has 21 heavy (non-hydrogen) atoms. The van der Waals surface area contributed by atoms with Gasteiger partial charge in [-0.3, -0.25) is 10.4 Å². The number of nitrogens with zero attached hydrogens (tertiary/aromatic N) is 1. The molecule has 3 rings (SSSR count). The molecule has 0 amide bonds. The van der Waals surface area contributed by atoms with Crippen LogP contribution in [0.5, 0.6) is 5.75 Å². The number of nitrogens with two attached hydrogens (primary N) is 1. The molecule has 0 aliphatic rings. The maximum atomic E-state index is 7.69. The summed E-state index contributed by atoms with van der Waals surface area (Å²) >= 11 is 0. The molecule has 0 saturated carbocycles. The van der Waals surface area contributed by atoms with E-state index in [1.807, 2.05) is 54.6 Å². The first-order valence-corrected chi connectivity index (χ1v) is 6.64. The van der Waals surface area contributed by atoms with Gasteiger partial charge in [-0.25, -0.2) is 0 Å². The van der Waals surface area contributed by atoms with Crippen molar-refractivity contribution in [1.82, 2.24) is 4.98 Å². The van der Waals surface area contributed by atoms with Gasteiger partial charge in [0.1, 0.15) is 18.2 Å². The van der Waals surface area contributed by atoms with Crippen molar-refractivity contribution in [3.8, 4) is 5.75 Å². The number of hydrogen-bond donors (Lipinski definition) is 2. The largest absolute Gasteiger partial charge is 0.487 e. The van der Waals surface area contributed by atoms with E-state index in [0.29, 0.717) is 17.9 Å². The second-order valence-electron chi connectivity index (χ2n) is 4.71. The van der Waals surface area contributed by atoms with E-state index < -0.39 is 0 Å². The molecule has 0 aliphatic carbocycles. The van der Waals surface area contributed by atoms with E-state index in [2.05, 4.69) is 4.98 Å². The van der Waals surface area contributed by atoms with Crippen molar-refractivity contribution in [2.75, 3.05) is 0 Å². The average Bonchev–Trinajstić information content (AvgIpc) is 2.53. The molecule has 0 fully saturated rings. The Morgan fingerprint density at radius 3 is 2.52 bits per heavy atom. The number of hydrogen-bond acceptors (Lipinski definition) is 3. The summed E-state index contributed by atoms with van der Waals surface area (Å²) in [5.74, 6) is 0.563. The molecule has 4 heteroatoms. The topological polar surface area (TPSA) is 72.0 Å². The number of para-hydroxylation sites is 1. The molecule has 1 aromatic heterocycles. The number of nitrogens with one attached hydrogen (secondary N) is 1. The van der Waals surface area contributed by atoms with Crippen molar-refractivity contribution in [2.45, 2.75) is 6.61 Å². The molecule has 0 aliphatic heterocycles. The molecule has 0 unspecified atom stereocenters. The van der Waals surface area contributed by atoms with E-state index in [4.69, 9.17) is 15.9 Å². The second kappa shape index (κ2) is 5.63. The lowest BCUT2D eigenvalue weighted by Crippen LogP contribution is -2.14. The Morgan fingerprint density at radius 2 is 1.76 bits per heavy atom. The maximum absolute atomic E-state index is 7.69. The highest BCUT2D eigenvalue weighted by atomic mass is 16.5. The first kappa shape index (κ1) is 13.1. The zero-order chi connectivity index (χ0) is 14.7. The van der Waals surface area contributed by atoms with Gasteiger partial charge in [0.05, 0.1) is 11.1 Å². The highest BCUT2D eigenvalue weighted by Crippen LogP contribution is 2.28. The SMILES string of the molecule is N=C(N)c1cnc2ccccc2c1OCc1ccccc1. The minimum absolute atomic E-state index is 0.0451. The summed E-state index contributed by atoms with van der Waals surface area (Å²) in [6.45, 7) is 0.426. The van der Waals surface area contributed by atoms with Crippen LogP contribution in [0.25, 0.3) is 10.9 Å². The van der Waals surface area contributed by atoms with Crippen LogP contribution in [0.15, 0.2) is 60.8 Å². The van der Waals surface area contributed by atoms with Crippen LogP contribution >= 0.6 is 0 Å². The summed E-state index contributed by atoms with van der Waals surface area (Å²) in [6.07, 6.45) is 1.59.